The van der Waals surface area contributed by atoms with E-state index < -0.39 is 5.97 Å². The predicted octanol–water partition coefficient (Wildman–Crippen LogP) is 8.67. The Kier molecular flexibility index (Phi) is 48.1. The van der Waals surface area contributed by atoms with Crippen LogP contribution >= 0.6 is 0 Å². The van der Waals surface area contributed by atoms with Crippen LogP contribution in [0, 0.1) is 35.5 Å². The first-order chi connectivity index (χ1) is 46.6. The van der Waals surface area contributed by atoms with Crippen molar-refractivity contribution in [3.63, 3.8) is 0 Å². The van der Waals surface area contributed by atoms with Gasteiger partial charge in [-0.25, -0.2) is 14.4 Å². The molecule has 0 bridgehead atoms. The molecular formula is C71H110IN2O22-. The van der Waals surface area contributed by atoms with Gasteiger partial charge in [-0.1, -0.05) is 13.2 Å². The Balaban J connectivity index is 0.000000662. The number of imide groups is 1. The number of amides is 3. The fourth-order valence-corrected chi connectivity index (χ4v) is 10.0. The molecule has 3 aliphatic carbocycles. The molecule has 3 aliphatic rings. The number of hydrogen-bond acceptors (Lipinski definition) is 21. The minimum atomic E-state index is -0.763. The molecule has 24 nitrogen and oxygen atoms in total. The van der Waals surface area contributed by atoms with Crippen molar-refractivity contribution in [1.82, 2.24) is 10.2 Å². The fourth-order valence-electron chi connectivity index (χ4n) is 10.0. The molecule has 3 amide bonds. The first-order valence-electron chi connectivity index (χ1n) is 34.0. The zero-order valence-electron chi connectivity index (χ0n) is 58.9. The second kappa shape index (κ2) is 54.2. The van der Waals surface area contributed by atoms with Crippen LogP contribution in [0.1, 0.15) is 177 Å². The van der Waals surface area contributed by atoms with Crippen molar-refractivity contribution in [3.8, 4) is 23.0 Å². The Hall–Kier alpha value is -6.84. The summed E-state index contributed by atoms with van der Waals surface area (Å²) in [7, 11) is 0. The monoisotopic (exact) mass is 1470 g/mol. The van der Waals surface area contributed by atoms with E-state index in [0.717, 1.165) is 63.2 Å². The van der Waals surface area contributed by atoms with Crippen LogP contribution in [0.5, 0.6) is 23.0 Å². The van der Waals surface area contributed by atoms with Crippen molar-refractivity contribution >= 4 is 53.7 Å². The standard InChI is InChI=1S/C26H36O8.C18H32N2O5.C15H20O4.C11H18O5.CH4I/c1-3-24(27)32-18-8-6-5-7-17-31-22-13-15-23(16-14-22)34-26(29)21-11-9-20(10-12-21)25(28)33-19-30-4-2;1-6-24-11-25-17(22)15-9-7-14(8-10-15)16(21)20(13(4)5)18(23)19-12(2)3;1-2-15(17)19-12-6-4-3-5-11-18-14-9-7-13(16)8-10-14;1-2-15-7-16-11(14)9-5-3-8(4-6-9)10(12)13;1-2/h3,13-16,20-21H,1,4-12,17-19H2,2H3;12-15H,6-11H2,1-5H3,(H,19,23);2,7-10,16H,1,3-6,11-12H2;8-9H,2-7H2,1H3,(H,12,13);2H,1H3/q;;;;-1/i;;;;2D. The molecule has 0 heterocycles. The number of alkyl halides is 1. The number of urea groups is 1. The van der Waals surface area contributed by atoms with Gasteiger partial charge in [-0.2, -0.15) is 0 Å². The van der Waals surface area contributed by atoms with Gasteiger partial charge in [0.05, 0.1) is 56.0 Å². The maximum atomic E-state index is 12.8. The molecule has 3 saturated carbocycles. The number of carbonyl (C=O) groups is 9. The number of nitrogens with zero attached hydrogens (tertiary/aromatic N) is 1. The number of esters is 6. The van der Waals surface area contributed by atoms with Gasteiger partial charge in [0, 0.05) is 50.0 Å². The van der Waals surface area contributed by atoms with Crippen molar-refractivity contribution in [2.24, 2.45) is 35.5 Å². The van der Waals surface area contributed by atoms with Gasteiger partial charge in [0.25, 0.3) is 0 Å². The van der Waals surface area contributed by atoms with Crippen molar-refractivity contribution < 1.29 is 128 Å². The Morgan fingerprint density at radius 3 is 1.17 bits per heavy atom. The second-order valence-corrected chi connectivity index (χ2v) is 23.3. The van der Waals surface area contributed by atoms with Gasteiger partial charge in [0.2, 0.25) is 5.91 Å². The first kappa shape index (κ1) is 85.2. The molecule has 0 radical (unpaired) electrons. The van der Waals surface area contributed by atoms with Crippen molar-refractivity contribution in [2.45, 2.75) is 189 Å². The van der Waals surface area contributed by atoms with E-state index in [2.05, 4.69) is 18.5 Å². The SMILES string of the molecule is C=CC(=O)OCCCCCCOc1ccc(O)cc1.C=CC(=O)OCCCCCCOc1ccc(OC(=O)C2CCC(C(=O)OCOCC)CC2)cc1.CCOCOC(=O)C1CCC(C(=O)N(C(=O)NC(C)C)C(C)C)CC1.CCOCOC(=O)C1CCC(C(=O)O)CC1.[2H][I-]C. The van der Waals surface area contributed by atoms with E-state index >= 15 is 0 Å². The average Bonchev–Trinajstić information content (AvgIpc) is 0.890. The summed E-state index contributed by atoms with van der Waals surface area (Å²) in [6.07, 6.45) is 16.9. The molecule has 96 heavy (non-hydrogen) atoms. The van der Waals surface area contributed by atoms with Crippen molar-refractivity contribution in [2.75, 3.05) is 71.6 Å². The zero-order valence-corrected chi connectivity index (χ0v) is 60.1. The van der Waals surface area contributed by atoms with Crippen LogP contribution in [-0.2, 0) is 76.3 Å². The molecule has 2 aromatic carbocycles. The number of benzene rings is 2. The molecule has 0 atom stereocenters. The number of ether oxygens (including phenoxy) is 11. The van der Waals surface area contributed by atoms with E-state index in [-0.39, 0.29) is 144 Å². The van der Waals surface area contributed by atoms with Crippen LogP contribution in [0.25, 0.3) is 0 Å². The molecular weight excluding hydrogens is 1360 g/mol. The number of phenols is 1. The van der Waals surface area contributed by atoms with E-state index in [1.165, 1.54) is 11.0 Å². The summed E-state index contributed by atoms with van der Waals surface area (Å²) in [5, 5.41) is 20.7. The number of rotatable bonds is 36. The number of hydrogen-bond donors (Lipinski definition) is 3. The molecule has 5 rings (SSSR count). The summed E-state index contributed by atoms with van der Waals surface area (Å²) in [6, 6.07) is 13.1. The van der Waals surface area contributed by atoms with Crippen molar-refractivity contribution in [1.29, 1.82) is 0.594 Å². The quantitative estimate of drug-likeness (QED) is 0.00839. The molecule has 3 N–H and O–H groups in total. The van der Waals surface area contributed by atoms with Gasteiger partial charge < -0.3 is 67.6 Å². The van der Waals surface area contributed by atoms with E-state index in [4.69, 9.17) is 62.9 Å². The third kappa shape index (κ3) is 39.4. The van der Waals surface area contributed by atoms with Crippen LogP contribution < -0.4 is 41.9 Å². The third-order valence-electron chi connectivity index (χ3n) is 15.4. The predicted molar refractivity (Wildman–Crippen MR) is 355 cm³/mol. The molecule has 544 valence electrons. The average molecular weight is 1470 g/mol. The third-order valence-corrected chi connectivity index (χ3v) is 15.4. The number of carboxylic acids is 1. The van der Waals surface area contributed by atoms with Gasteiger partial charge >= 0.3 is 75.7 Å². The Morgan fingerprint density at radius 2 is 0.833 bits per heavy atom. The molecule has 2 aromatic rings. The molecule has 0 aliphatic heterocycles. The number of aliphatic carboxylic acids is 1. The Bertz CT molecular complexity index is 2550. The second-order valence-electron chi connectivity index (χ2n) is 23.3. The summed E-state index contributed by atoms with van der Waals surface area (Å²) in [4.78, 5) is 109. The maximum absolute atomic E-state index is 12.8. The number of phenolic OH excluding ortho intramolecular Hbond substituents is 1. The number of carboxylic acid groups (broad SMARTS) is 1. The Labute approximate surface area is 582 Å². The summed E-state index contributed by atoms with van der Waals surface area (Å²) in [5.74, 6) is -1.82. The number of nitrogens with one attached hydrogen (secondary N) is 1. The minimum absolute atomic E-state index is 0.00576. The van der Waals surface area contributed by atoms with Gasteiger partial charge in [-0.15, -0.1) is 0 Å². The summed E-state index contributed by atoms with van der Waals surface area (Å²) in [6.45, 7) is 23.1. The fraction of sp³-hybridized carbons (Fsp3) is 0.648. The van der Waals surface area contributed by atoms with Crippen LogP contribution in [0.4, 0.5) is 4.79 Å². The molecule has 0 spiro atoms. The van der Waals surface area contributed by atoms with Gasteiger partial charge in [-0.3, -0.25) is 33.7 Å². The Morgan fingerprint density at radius 1 is 0.510 bits per heavy atom. The van der Waals surface area contributed by atoms with Crippen LogP contribution in [0.15, 0.2) is 73.8 Å². The van der Waals surface area contributed by atoms with E-state index in [1.54, 1.807) is 48.5 Å². The molecule has 0 aromatic heterocycles. The number of carbonyl (C=O) groups excluding carboxylic acids is 8. The van der Waals surface area contributed by atoms with Gasteiger partial charge in [-0.05, 0) is 225 Å². The van der Waals surface area contributed by atoms with E-state index in [9.17, 15) is 43.2 Å². The summed E-state index contributed by atoms with van der Waals surface area (Å²) >= 11 is -0.160. The molecule has 0 saturated heterocycles. The molecule has 0 unspecified atom stereocenters. The van der Waals surface area contributed by atoms with Gasteiger partial charge in [0.1, 0.15) is 23.0 Å². The first-order valence-corrected chi connectivity index (χ1v) is 35.8. The van der Waals surface area contributed by atoms with Crippen molar-refractivity contribution in [3.05, 3.63) is 73.8 Å². The van der Waals surface area contributed by atoms with E-state index in [0.29, 0.717) is 135 Å². The van der Waals surface area contributed by atoms with Crippen LogP contribution in [-0.4, -0.2) is 153 Å². The zero-order chi connectivity index (χ0) is 72.2. The molecule has 25 heteroatoms. The molecule has 3 fully saturated rings. The number of halogens is 1. The van der Waals surface area contributed by atoms with Gasteiger partial charge in [0.15, 0.2) is 20.4 Å². The number of aromatic hydroxyl groups is 1. The number of unbranched alkanes of at least 4 members (excludes halogenated alkanes) is 6. The summed E-state index contributed by atoms with van der Waals surface area (Å²) in [5.41, 5.74) is 0. The normalized spacial score (nSPS) is 17.9. The van der Waals surface area contributed by atoms with Crippen LogP contribution in [0.3, 0.4) is 0 Å². The summed E-state index contributed by atoms with van der Waals surface area (Å²) < 4.78 is 62.9. The topological polar surface area (TPSA) is 311 Å². The van der Waals surface area contributed by atoms with Crippen LogP contribution in [0.2, 0.25) is 0 Å². The van der Waals surface area contributed by atoms with E-state index in [1.807, 2.05) is 53.4 Å².